The van der Waals surface area contributed by atoms with Gasteiger partial charge in [-0.1, -0.05) is 0 Å². The first kappa shape index (κ1) is 9.45. The molecule has 1 amide bonds. The Morgan fingerprint density at radius 1 is 1.57 bits per heavy atom. The lowest BCUT2D eigenvalue weighted by Crippen LogP contribution is -2.56. The van der Waals surface area contributed by atoms with Crippen molar-refractivity contribution in [2.24, 2.45) is 11.7 Å². The number of nitrogens with two attached hydrogens (primary N) is 1. The van der Waals surface area contributed by atoms with E-state index in [4.69, 9.17) is 10.8 Å². The number of hydrogen-bond donors (Lipinski definition) is 2. The molecule has 14 heavy (non-hydrogen) atoms. The number of carbonyl (C=O) groups excluding carboxylic acids is 1. The van der Waals surface area contributed by atoms with Gasteiger partial charge < -0.3 is 15.7 Å². The lowest BCUT2D eigenvalue weighted by Gasteiger charge is -2.37. The lowest BCUT2D eigenvalue weighted by atomic mass is 9.87. The van der Waals surface area contributed by atoms with E-state index in [1.807, 2.05) is 0 Å². The molecular formula is C9H14N2O3. The molecule has 0 aromatic rings. The third-order valence-corrected chi connectivity index (χ3v) is 3.19. The molecule has 2 aliphatic rings. The van der Waals surface area contributed by atoms with Gasteiger partial charge in [-0.3, -0.25) is 9.59 Å². The topological polar surface area (TPSA) is 83.6 Å². The Labute approximate surface area is 81.9 Å². The van der Waals surface area contributed by atoms with Crippen LogP contribution >= 0.6 is 0 Å². The fraction of sp³-hybridized carbons (Fsp3) is 0.778. The number of carboxylic acid groups (broad SMARTS) is 1. The Hall–Kier alpha value is -1.10. The Morgan fingerprint density at radius 3 is 2.93 bits per heavy atom. The van der Waals surface area contributed by atoms with Gasteiger partial charge in [-0.15, -0.1) is 0 Å². The van der Waals surface area contributed by atoms with Crippen LogP contribution < -0.4 is 5.73 Å². The second kappa shape index (κ2) is 3.24. The molecule has 2 aliphatic heterocycles. The van der Waals surface area contributed by atoms with Crippen molar-refractivity contribution in [3.63, 3.8) is 0 Å². The van der Waals surface area contributed by atoms with Crippen molar-refractivity contribution in [1.29, 1.82) is 0 Å². The van der Waals surface area contributed by atoms with Crippen LogP contribution in [0.5, 0.6) is 0 Å². The van der Waals surface area contributed by atoms with Crippen LogP contribution in [0.2, 0.25) is 0 Å². The zero-order valence-electron chi connectivity index (χ0n) is 7.85. The summed E-state index contributed by atoms with van der Waals surface area (Å²) in [5, 5.41) is 9.00. The van der Waals surface area contributed by atoms with Crippen LogP contribution in [0.15, 0.2) is 0 Å². The Balaban J connectivity index is 2.22. The van der Waals surface area contributed by atoms with Gasteiger partial charge in [0.25, 0.3) is 0 Å². The number of amides is 1. The molecule has 3 unspecified atom stereocenters. The normalized spacial score (nSPS) is 37.1. The second-order valence-corrected chi connectivity index (χ2v) is 4.03. The molecule has 2 fully saturated rings. The van der Waals surface area contributed by atoms with Crippen molar-refractivity contribution < 1.29 is 14.7 Å². The molecule has 0 bridgehead atoms. The maximum atomic E-state index is 11.6. The smallest absolute Gasteiger partial charge is 0.308 e. The third kappa shape index (κ3) is 1.28. The van der Waals surface area contributed by atoms with E-state index in [0.717, 1.165) is 12.8 Å². The second-order valence-electron chi connectivity index (χ2n) is 4.03. The van der Waals surface area contributed by atoms with Crippen LogP contribution in [0.4, 0.5) is 0 Å². The summed E-state index contributed by atoms with van der Waals surface area (Å²) in [6.07, 6.45) is 1.98. The van der Waals surface area contributed by atoms with Crippen LogP contribution in [-0.2, 0) is 9.59 Å². The number of carboxylic acids is 1. The van der Waals surface area contributed by atoms with Crippen molar-refractivity contribution in [3.05, 3.63) is 0 Å². The Morgan fingerprint density at radius 2 is 2.29 bits per heavy atom. The van der Waals surface area contributed by atoms with Crippen LogP contribution in [0, 0.1) is 5.92 Å². The molecule has 0 spiro atoms. The molecule has 78 valence electrons. The molecule has 0 aromatic heterocycles. The van der Waals surface area contributed by atoms with Crippen molar-refractivity contribution in [2.45, 2.75) is 31.3 Å². The first-order valence-corrected chi connectivity index (χ1v) is 4.90. The summed E-state index contributed by atoms with van der Waals surface area (Å²) in [5.41, 5.74) is 5.61. The molecule has 0 aliphatic carbocycles. The molecule has 5 heteroatoms. The zero-order valence-corrected chi connectivity index (χ0v) is 7.85. The van der Waals surface area contributed by atoms with Gasteiger partial charge in [0.2, 0.25) is 5.91 Å². The Bertz CT molecular complexity index is 279. The van der Waals surface area contributed by atoms with Crippen molar-refractivity contribution in [1.82, 2.24) is 4.90 Å². The van der Waals surface area contributed by atoms with E-state index in [1.165, 1.54) is 0 Å². The summed E-state index contributed by atoms with van der Waals surface area (Å²) in [5.74, 6) is -1.37. The molecule has 0 saturated carbocycles. The van der Waals surface area contributed by atoms with Crippen LogP contribution in [0.25, 0.3) is 0 Å². The molecule has 3 atom stereocenters. The van der Waals surface area contributed by atoms with Gasteiger partial charge in [-0.05, 0) is 19.3 Å². The van der Waals surface area contributed by atoms with Gasteiger partial charge in [0.1, 0.15) is 0 Å². The van der Waals surface area contributed by atoms with Crippen LogP contribution in [0.3, 0.4) is 0 Å². The van der Waals surface area contributed by atoms with E-state index in [2.05, 4.69) is 0 Å². The van der Waals surface area contributed by atoms with Crippen molar-refractivity contribution in [3.8, 4) is 0 Å². The maximum absolute atomic E-state index is 11.6. The van der Waals surface area contributed by atoms with E-state index in [-0.39, 0.29) is 18.4 Å². The fourth-order valence-electron chi connectivity index (χ4n) is 2.49. The molecule has 2 saturated heterocycles. The molecule has 0 aromatic carbocycles. The first-order valence-electron chi connectivity index (χ1n) is 4.90. The minimum absolute atomic E-state index is 0.0787. The minimum Gasteiger partial charge on any atom is -0.481 e. The highest BCUT2D eigenvalue weighted by Crippen LogP contribution is 2.32. The van der Waals surface area contributed by atoms with E-state index in [0.29, 0.717) is 6.54 Å². The third-order valence-electron chi connectivity index (χ3n) is 3.19. The van der Waals surface area contributed by atoms with Crippen molar-refractivity contribution in [2.75, 3.05) is 6.54 Å². The van der Waals surface area contributed by atoms with Gasteiger partial charge in [0.05, 0.1) is 12.0 Å². The quantitative estimate of drug-likeness (QED) is 0.590. The Kier molecular flexibility index (Phi) is 2.19. The summed E-state index contributed by atoms with van der Waals surface area (Å²) in [7, 11) is 0. The molecule has 5 nitrogen and oxygen atoms in total. The average molecular weight is 198 g/mol. The largest absolute Gasteiger partial charge is 0.481 e. The summed E-state index contributed by atoms with van der Waals surface area (Å²) in [6.45, 7) is 0.668. The van der Waals surface area contributed by atoms with E-state index in [1.54, 1.807) is 4.90 Å². The summed E-state index contributed by atoms with van der Waals surface area (Å²) in [4.78, 5) is 24.2. The number of fused-ring (bicyclic) bond motifs is 1. The monoisotopic (exact) mass is 198 g/mol. The standard InChI is InChI=1S/C9H14N2O3/c10-6-4-5(9(13)14)7-2-1-3-11(7)8(6)12/h5-7H,1-4,10H2,(H,13,14). The van der Waals surface area contributed by atoms with Crippen LogP contribution in [0.1, 0.15) is 19.3 Å². The molecule has 0 radical (unpaired) electrons. The van der Waals surface area contributed by atoms with E-state index in [9.17, 15) is 9.59 Å². The number of nitrogens with zero attached hydrogens (tertiary/aromatic N) is 1. The summed E-state index contributed by atoms with van der Waals surface area (Å²) >= 11 is 0. The number of piperidine rings is 1. The lowest BCUT2D eigenvalue weighted by molar-refractivity contribution is -0.151. The molecular weight excluding hydrogens is 184 g/mol. The number of aliphatic carboxylic acids is 1. The molecule has 3 N–H and O–H groups in total. The predicted molar refractivity (Wildman–Crippen MR) is 48.5 cm³/mol. The number of hydrogen-bond acceptors (Lipinski definition) is 3. The molecule has 2 heterocycles. The van der Waals surface area contributed by atoms with Gasteiger partial charge in [0.15, 0.2) is 0 Å². The molecule has 2 rings (SSSR count). The van der Waals surface area contributed by atoms with Gasteiger partial charge in [-0.25, -0.2) is 0 Å². The van der Waals surface area contributed by atoms with Gasteiger partial charge >= 0.3 is 5.97 Å². The first-order chi connectivity index (χ1) is 6.61. The van der Waals surface area contributed by atoms with Gasteiger partial charge in [-0.2, -0.15) is 0 Å². The number of carbonyl (C=O) groups is 2. The van der Waals surface area contributed by atoms with Crippen molar-refractivity contribution >= 4 is 11.9 Å². The van der Waals surface area contributed by atoms with Gasteiger partial charge in [0, 0.05) is 12.6 Å². The summed E-state index contributed by atoms with van der Waals surface area (Å²) < 4.78 is 0. The number of rotatable bonds is 1. The predicted octanol–water partition coefficient (Wildman–Crippen LogP) is -0.591. The SMILES string of the molecule is NC1CC(C(=O)O)C2CCCN2C1=O. The highest BCUT2D eigenvalue weighted by atomic mass is 16.4. The minimum atomic E-state index is -0.829. The van der Waals surface area contributed by atoms with E-state index < -0.39 is 17.9 Å². The van der Waals surface area contributed by atoms with Crippen LogP contribution in [-0.4, -0.2) is 40.5 Å². The highest BCUT2D eigenvalue weighted by Gasteiger charge is 2.45. The zero-order chi connectivity index (χ0) is 10.3. The summed E-state index contributed by atoms with van der Waals surface area (Å²) in [6, 6.07) is -0.731. The maximum Gasteiger partial charge on any atom is 0.308 e. The highest BCUT2D eigenvalue weighted by molar-refractivity contribution is 5.86. The average Bonchev–Trinajstić information content (AvgIpc) is 2.59. The fourth-order valence-corrected chi connectivity index (χ4v) is 2.49. The van der Waals surface area contributed by atoms with E-state index >= 15 is 0 Å².